The number of nitrogens with one attached hydrogen (secondary N) is 4. The molecule has 2 aromatic carbocycles. The van der Waals surface area contributed by atoms with E-state index in [2.05, 4.69) is 51.2 Å². The van der Waals surface area contributed by atoms with Gasteiger partial charge in [0.1, 0.15) is 9.79 Å². The van der Waals surface area contributed by atoms with Gasteiger partial charge in [-0.05, 0) is 35.4 Å². The van der Waals surface area contributed by atoms with Gasteiger partial charge in [-0.2, -0.15) is 63.6 Å². The summed E-state index contributed by atoms with van der Waals surface area (Å²) in [5.74, 6) is -2.58. The second-order valence-corrected chi connectivity index (χ2v) is 19.4. The number of aromatic nitrogens is 6. The molecule has 0 saturated heterocycles. The molecule has 2 aromatic heterocycles. The van der Waals surface area contributed by atoms with Crippen LogP contribution in [0.15, 0.2) is 46.2 Å². The van der Waals surface area contributed by atoms with Gasteiger partial charge in [0.25, 0.3) is 40.5 Å². The fraction of sp³-hybridized carbons (Fsp3) is 0.375. The SMILES string of the molecule is CN(CCS(=O)(=O)O)c1nc(NCC(O)CO)nc(Nc2ccc(C=Cc3ccc(Nc4nc(NCC(O)CO)nc(N(C)CCS(=O)(=O)O)n4)cc3S(=O)(=O)O)c(S(=O)(=O)O)c2)n1. The van der Waals surface area contributed by atoms with Gasteiger partial charge in [0.2, 0.25) is 35.7 Å². The van der Waals surface area contributed by atoms with Crippen molar-refractivity contribution in [3.8, 4) is 0 Å². The van der Waals surface area contributed by atoms with E-state index in [1.165, 1.54) is 48.2 Å². The van der Waals surface area contributed by atoms with E-state index in [-0.39, 0.29) is 84.4 Å². The van der Waals surface area contributed by atoms with E-state index < -0.39 is 87.2 Å². The molecule has 0 saturated carbocycles. The Morgan fingerprint density at radius 3 is 1.22 bits per heavy atom. The lowest BCUT2D eigenvalue weighted by Gasteiger charge is -2.18. The van der Waals surface area contributed by atoms with E-state index in [0.29, 0.717) is 0 Å². The Kier molecular flexibility index (Phi) is 17.1. The summed E-state index contributed by atoms with van der Waals surface area (Å²) in [5, 5.41) is 48.6. The highest BCUT2D eigenvalue weighted by molar-refractivity contribution is 7.86. The van der Waals surface area contributed by atoms with Crippen molar-refractivity contribution in [2.24, 2.45) is 0 Å². The Hall–Kier alpha value is -5.52. The number of anilines is 8. The van der Waals surface area contributed by atoms with Gasteiger partial charge in [-0.25, -0.2) is 0 Å². The zero-order valence-corrected chi connectivity index (χ0v) is 36.8. The average molecular weight is 981 g/mol. The van der Waals surface area contributed by atoms with Crippen LogP contribution in [0.2, 0.25) is 0 Å². The molecule has 0 bridgehead atoms. The van der Waals surface area contributed by atoms with Crippen LogP contribution in [0.25, 0.3) is 12.2 Å². The Labute approximate surface area is 366 Å². The lowest BCUT2D eigenvalue weighted by atomic mass is 10.1. The molecule has 0 radical (unpaired) electrons. The first-order chi connectivity index (χ1) is 29.7. The number of hydrogen-bond acceptors (Lipinski definition) is 24. The van der Waals surface area contributed by atoms with Crippen molar-refractivity contribution in [2.45, 2.75) is 22.0 Å². The summed E-state index contributed by atoms with van der Waals surface area (Å²) in [6, 6.07) is 6.98. The molecule has 2 atom stereocenters. The third-order valence-electron chi connectivity index (χ3n) is 8.25. The predicted octanol–water partition coefficient (Wildman–Crippen LogP) is -1.61. The molecule has 0 amide bonds. The minimum Gasteiger partial charge on any atom is -0.394 e. The Morgan fingerprint density at radius 2 is 0.906 bits per heavy atom. The molecule has 2 heterocycles. The molecule has 0 spiro atoms. The maximum absolute atomic E-state index is 12.6. The minimum atomic E-state index is -5.01. The van der Waals surface area contributed by atoms with Crippen molar-refractivity contribution in [3.05, 3.63) is 47.5 Å². The molecule has 0 aliphatic heterocycles. The summed E-state index contributed by atoms with van der Waals surface area (Å²) in [4.78, 5) is 25.9. The van der Waals surface area contributed by atoms with Crippen LogP contribution >= 0.6 is 0 Å². The number of aliphatic hydroxyl groups is 4. The van der Waals surface area contributed by atoms with Crippen molar-refractivity contribution < 1.29 is 72.3 Å². The molecule has 4 aromatic rings. The number of hydrogen-bond donors (Lipinski definition) is 12. The lowest BCUT2D eigenvalue weighted by Crippen LogP contribution is -2.28. The summed E-state index contributed by atoms with van der Waals surface area (Å²) in [6.07, 6.45) is -0.232. The fourth-order valence-corrected chi connectivity index (χ4v) is 7.41. The lowest BCUT2D eigenvalue weighted by molar-refractivity contribution is 0.105. The van der Waals surface area contributed by atoms with Crippen molar-refractivity contribution in [1.82, 2.24) is 29.9 Å². The van der Waals surface area contributed by atoms with E-state index in [1.54, 1.807) is 0 Å². The fourth-order valence-electron chi connectivity index (χ4n) is 4.98. The minimum absolute atomic E-state index is 0.0352. The summed E-state index contributed by atoms with van der Waals surface area (Å²) < 4.78 is 134. The Bertz CT molecular complexity index is 2580. The molecular weight excluding hydrogens is 937 g/mol. The van der Waals surface area contributed by atoms with Crippen LogP contribution < -0.4 is 31.1 Å². The quantitative estimate of drug-likeness (QED) is 0.0277. The molecule has 4 rings (SSSR count). The van der Waals surface area contributed by atoms with Crippen LogP contribution in [-0.4, -0.2) is 179 Å². The summed E-state index contributed by atoms with van der Waals surface area (Å²) >= 11 is 0. The highest BCUT2D eigenvalue weighted by Gasteiger charge is 2.21. The van der Waals surface area contributed by atoms with Gasteiger partial charge in [-0.1, -0.05) is 24.3 Å². The zero-order valence-electron chi connectivity index (χ0n) is 33.5. The second-order valence-electron chi connectivity index (χ2n) is 13.5. The van der Waals surface area contributed by atoms with Gasteiger partial charge in [0, 0.05) is 51.6 Å². The number of rotatable bonds is 24. The van der Waals surface area contributed by atoms with Crippen LogP contribution in [0.5, 0.6) is 0 Å². The predicted molar refractivity (Wildman–Crippen MR) is 230 cm³/mol. The first kappa shape index (κ1) is 51.1. The van der Waals surface area contributed by atoms with E-state index >= 15 is 0 Å². The van der Waals surface area contributed by atoms with Crippen LogP contribution in [0.4, 0.5) is 47.1 Å². The molecular formula is C32H44N12O16S4. The van der Waals surface area contributed by atoms with Gasteiger partial charge in [-0.15, -0.1) is 0 Å². The molecule has 352 valence electrons. The number of benzene rings is 2. The van der Waals surface area contributed by atoms with Gasteiger partial charge in [-0.3, -0.25) is 18.2 Å². The third kappa shape index (κ3) is 16.2. The first-order valence-corrected chi connectivity index (χ1v) is 24.2. The monoisotopic (exact) mass is 980 g/mol. The largest absolute Gasteiger partial charge is 0.394 e. The molecule has 64 heavy (non-hydrogen) atoms. The van der Waals surface area contributed by atoms with Gasteiger partial charge in [0.05, 0.1) is 36.9 Å². The van der Waals surface area contributed by atoms with Crippen LogP contribution in [0.1, 0.15) is 11.1 Å². The van der Waals surface area contributed by atoms with Gasteiger partial charge in [0.15, 0.2) is 0 Å². The standard InChI is InChI=1S/C32H44N12O16S4/c1-43(9-11-61(49,50)51)31-39-27(33-15-23(47)17-45)37-29(41-31)35-21-7-5-19(25(13-21)63(55,56)57)3-4-20-6-8-22(14-26(20)64(58,59)60)36-30-38-28(34-16-24(48)18-46)40-32(42-30)44(2)10-12-62(52,53)54/h3-8,13-14,23-24,45-48H,9-12,15-18H2,1-2H3,(H,49,50,51)(H,52,53,54)(H,55,56,57)(H,58,59,60)(H2,33,35,37,39,41)(H2,34,36,38,40,42). The summed E-state index contributed by atoms with van der Waals surface area (Å²) in [7, 11) is -16.0. The molecule has 0 aliphatic rings. The number of nitrogens with zero attached hydrogens (tertiary/aromatic N) is 8. The molecule has 32 heteroatoms. The summed E-state index contributed by atoms with van der Waals surface area (Å²) in [5.41, 5.74) is -0.431. The van der Waals surface area contributed by atoms with Gasteiger partial charge >= 0.3 is 0 Å². The van der Waals surface area contributed by atoms with Crippen LogP contribution in [0.3, 0.4) is 0 Å². The number of aliphatic hydroxyl groups excluding tert-OH is 4. The second kappa shape index (κ2) is 21.4. The Balaban J connectivity index is 1.67. The average Bonchev–Trinajstić information content (AvgIpc) is 3.21. The maximum Gasteiger partial charge on any atom is 0.295 e. The van der Waals surface area contributed by atoms with Crippen molar-refractivity contribution in [3.63, 3.8) is 0 Å². The van der Waals surface area contributed by atoms with E-state index in [9.17, 15) is 72.3 Å². The van der Waals surface area contributed by atoms with E-state index in [0.717, 1.165) is 24.3 Å². The molecule has 0 aliphatic carbocycles. The van der Waals surface area contributed by atoms with Crippen LogP contribution in [-0.2, 0) is 40.5 Å². The highest BCUT2D eigenvalue weighted by atomic mass is 32.2. The molecule has 0 fully saturated rings. The third-order valence-corrected chi connectivity index (χ3v) is 11.5. The van der Waals surface area contributed by atoms with Gasteiger partial charge < -0.3 is 51.5 Å². The first-order valence-electron chi connectivity index (χ1n) is 18.1. The normalized spacial score (nSPS) is 13.3. The smallest absolute Gasteiger partial charge is 0.295 e. The van der Waals surface area contributed by atoms with Crippen molar-refractivity contribution in [1.29, 1.82) is 0 Å². The van der Waals surface area contributed by atoms with Crippen LogP contribution in [0, 0.1) is 0 Å². The van der Waals surface area contributed by atoms with Crippen molar-refractivity contribution >= 4 is 99.7 Å². The van der Waals surface area contributed by atoms with Crippen molar-refractivity contribution in [2.75, 3.05) is 96.1 Å². The molecule has 2 unspecified atom stereocenters. The topological polar surface area (TPSA) is 430 Å². The molecule has 28 nitrogen and oxygen atoms in total. The Morgan fingerprint density at radius 1 is 0.562 bits per heavy atom. The zero-order chi connectivity index (χ0) is 47.6. The maximum atomic E-state index is 12.6. The van der Waals surface area contributed by atoms with E-state index in [4.69, 9.17) is 0 Å². The highest BCUT2D eigenvalue weighted by Crippen LogP contribution is 2.28. The molecule has 12 N–H and O–H groups in total. The summed E-state index contributed by atoms with van der Waals surface area (Å²) in [6.45, 7) is -2.27. The van der Waals surface area contributed by atoms with E-state index in [1.807, 2.05) is 0 Å².